The summed E-state index contributed by atoms with van der Waals surface area (Å²) in [6.45, 7) is 33.0. The number of aryl methyl sites for hydroxylation is 6. The summed E-state index contributed by atoms with van der Waals surface area (Å²) in [5.74, 6) is -0.959. The molecule has 0 aromatic carbocycles. The number of rotatable bonds is 4. The van der Waals surface area contributed by atoms with Gasteiger partial charge in [0, 0.05) is 141 Å². The molecule has 0 bridgehead atoms. The SMILES string of the molecule is C[C@@H]1CNC[C@H](C)N1.Cc1cn2cc(-c3cc(=O)n4cc(F)ccc4n3)cc2c(C)n1.Cc1cn2cc(-c3cc(=O)n4cc(N5C[C@@H](C)N[C@@H](C)C5)ccc4n3)cc2c(C)n1.Cc1cn2cc(B3OC(C)(C)C(C)(C)O3)cc2c(C)n1.O=c1cc(Cl)nc2ccc(F)cn12. The van der Waals surface area contributed by atoms with Crippen molar-refractivity contribution in [3.05, 3.63) is 211 Å². The Morgan fingerprint density at radius 3 is 1.35 bits per heavy atom. The molecule has 94 heavy (non-hydrogen) atoms. The van der Waals surface area contributed by atoms with E-state index in [9.17, 15) is 23.2 Å². The van der Waals surface area contributed by atoms with E-state index in [-0.39, 0.29) is 34.6 Å². The second-order valence-corrected chi connectivity index (χ2v) is 26.1. The van der Waals surface area contributed by atoms with Gasteiger partial charge in [-0.2, -0.15) is 0 Å². The predicted octanol–water partition coefficient (Wildman–Crippen LogP) is 9.27. The lowest BCUT2D eigenvalue weighted by Gasteiger charge is -2.37. The van der Waals surface area contributed by atoms with Gasteiger partial charge in [-0.1, -0.05) is 11.6 Å². The van der Waals surface area contributed by atoms with Gasteiger partial charge in [-0.3, -0.25) is 42.5 Å². The third-order valence-electron chi connectivity index (χ3n) is 17.1. The Hall–Kier alpha value is -9.04. The Kier molecular flexibility index (Phi) is 18.9. The molecule has 3 N–H and O–H groups in total. The highest BCUT2D eigenvalue weighted by Gasteiger charge is 2.52. The van der Waals surface area contributed by atoms with E-state index in [1.54, 1.807) is 10.5 Å². The molecule has 21 nitrogen and oxygen atoms in total. The van der Waals surface area contributed by atoms with Crippen molar-refractivity contribution in [1.82, 2.24) is 72.3 Å². The Bertz CT molecular complexity index is 4990. The molecule has 3 aliphatic heterocycles. The summed E-state index contributed by atoms with van der Waals surface area (Å²) < 4.78 is 48.2. The number of hydrogen-bond acceptors (Lipinski definition) is 15. The first-order valence-corrected chi connectivity index (χ1v) is 31.7. The molecule has 12 aromatic rings. The van der Waals surface area contributed by atoms with Gasteiger partial charge in [-0.25, -0.2) is 23.7 Å². The second kappa shape index (κ2) is 26.8. The number of nitrogens with zero attached hydrogens (tertiary/aromatic N) is 13. The molecule has 0 unspecified atom stereocenters. The lowest BCUT2D eigenvalue weighted by Crippen LogP contribution is -2.54. The highest BCUT2D eigenvalue weighted by Crippen LogP contribution is 2.37. The molecule has 0 saturated carbocycles. The summed E-state index contributed by atoms with van der Waals surface area (Å²) in [6, 6.07) is 21.8. The van der Waals surface area contributed by atoms with E-state index in [4.69, 9.17) is 25.9 Å². The second-order valence-electron chi connectivity index (χ2n) is 25.7. The summed E-state index contributed by atoms with van der Waals surface area (Å²) in [7, 11) is -0.320. The number of nitrogens with one attached hydrogen (secondary N) is 3. The number of pyridine rings is 3. The van der Waals surface area contributed by atoms with Crippen LogP contribution in [0.4, 0.5) is 14.5 Å². The van der Waals surface area contributed by atoms with Gasteiger partial charge in [-0.05, 0) is 152 Å². The third kappa shape index (κ3) is 14.7. The van der Waals surface area contributed by atoms with Crippen molar-refractivity contribution in [2.45, 2.75) is 132 Å². The van der Waals surface area contributed by atoms with Crippen LogP contribution >= 0.6 is 11.6 Å². The summed E-state index contributed by atoms with van der Waals surface area (Å²) in [5.41, 5.74) is 13.9. The quantitative estimate of drug-likeness (QED) is 0.111. The van der Waals surface area contributed by atoms with Crippen molar-refractivity contribution >= 4 is 63.4 Å². The van der Waals surface area contributed by atoms with E-state index < -0.39 is 17.2 Å². The van der Waals surface area contributed by atoms with Crippen LogP contribution in [-0.2, 0) is 9.31 Å². The first-order chi connectivity index (χ1) is 44.5. The molecular formula is C69H78BClF2N16O5. The molecule has 15 heterocycles. The van der Waals surface area contributed by atoms with Gasteiger partial charge < -0.3 is 43.4 Å². The molecule has 3 saturated heterocycles. The van der Waals surface area contributed by atoms with Crippen LogP contribution in [0.15, 0.2) is 143 Å². The van der Waals surface area contributed by atoms with Gasteiger partial charge in [0.25, 0.3) is 16.7 Å². The Balaban J connectivity index is 0.000000127. The van der Waals surface area contributed by atoms with Crippen LogP contribution in [0.2, 0.25) is 5.15 Å². The van der Waals surface area contributed by atoms with Crippen LogP contribution < -0.4 is 43.0 Å². The van der Waals surface area contributed by atoms with E-state index in [0.29, 0.717) is 52.5 Å². The van der Waals surface area contributed by atoms with Crippen molar-refractivity contribution in [3.8, 4) is 22.5 Å². The molecule has 0 aliphatic carbocycles. The predicted molar refractivity (Wildman–Crippen MR) is 366 cm³/mol. The van der Waals surface area contributed by atoms with Crippen LogP contribution in [0.1, 0.15) is 89.6 Å². The Morgan fingerprint density at radius 1 is 0.489 bits per heavy atom. The van der Waals surface area contributed by atoms with Crippen LogP contribution in [0.25, 0.3) is 56.0 Å². The van der Waals surface area contributed by atoms with E-state index in [1.807, 2.05) is 106 Å². The highest BCUT2D eigenvalue weighted by atomic mass is 35.5. The molecular weight excluding hydrogens is 1220 g/mol. The van der Waals surface area contributed by atoms with E-state index in [1.165, 1.54) is 34.7 Å². The minimum Gasteiger partial charge on any atom is -0.399 e. The van der Waals surface area contributed by atoms with Gasteiger partial charge >= 0.3 is 7.12 Å². The van der Waals surface area contributed by atoms with Crippen molar-refractivity contribution in [2.75, 3.05) is 31.1 Å². The maximum absolute atomic E-state index is 13.3. The molecule has 3 aliphatic rings. The largest absolute Gasteiger partial charge is 0.496 e. The normalized spacial score (nSPS) is 18.4. The lowest BCUT2D eigenvalue weighted by molar-refractivity contribution is 0.00578. The molecule has 488 valence electrons. The lowest BCUT2D eigenvalue weighted by atomic mass is 9.81. The Labute approximate surface area is 547 Å². The van der Waals surface area contributed by atoms with Gasteiger partial charge in [0.15, 0.2) is 0 Å². The monoisotopic (exact) mass is 1290 g/mol. The Morgan fingerprint density at radius 2 is 0.894 bits per heavy atom. The fourth-order valence-corrected chi connectivity index (χ4v) is 12.2. The first-order valence-electron chi connectivity index (χ1n) is 31.3. The molecule has 12 aromatic heterocycles. The maximum atomic E-state index is 13.3. The number of fused-ring (bicyclic) bond motifs is 6. The number of aromatic nitrogens is 12. The minimum atomic E-state index is -0.487. The summed E-state index contributed by atoms with van der Waals surface area (Å²) in [5, 5.41) is 10.4. The molecule has 25 heteroatoms. The van der Waals surface area contributed by atoms with Gasteiger partial charge in [0.2, 0.25) is 0 Å². The fourth-order valence-electron chi connectivity index (χ4n) is 12.1. The third-order valence-corrected chi connectivity index (χ3v) is 17.3. The molecule has 0 spiro atoms. The number of hydrogen-bond donors (Lipinski definition) is 3. The van der Waals surface area contributed by atoms with Crippen LogP contribution in [0.3, 0.4) is 0 Å². The van der Waals surface area contributed by atoms with Crippen molar-refractivity contribution in [3.63, 3.8) is 0 Å². The topological polar surface area (TPSA) is 213 Å². The van der Waals surface area contributed by atoms with Gasteiger partial charge in [0.05, 0.1) is 79.0 Å². The van der Waals surface area contributed by atoms with Gasteiger partial charge in [-0.15, -0.1) is 0 Å². The zero-order valence-corrected chi connectivity index (χ0v) is 56.1. The van der Waals surface area contributed by atoms with Crippen molar-refractivity contribution in [1.29, 1.82) is 0 Å². The number of piperazine rings is 2. The van der Waals surface area contributed by atoms with Crippen LogP contribution in [0.5, 0.6) is 0 Å². The smallest absolute Gasteiger partial charge is 0.399 e. The number of halogens is 3. The summed E-state index contributed by atoms with van der Waals surface area (Å²) in [6.07, 6.45) is 16.1. The van der Waals surface area contributed by atoms with E-state index in [0.717, 1.165) is 122 Å². The molecule has 0 radical (unpaired) electrons. The average molecular weight is 1300 g/mol. The maximum Gasteiger partial charge on any atom is 0.496 e. The van der Waals surface area contributed by atoms with E-state index in [2.05, 4.69) is 124 Å². The molecule has 0 amide bonds. The van der Waals surface area contributed by atoms with Crippen LogP contribution in [-0.4, -0.2) is 125 Å². The van der Waals surface area contributed by atoms with Crippen LogP contribution in [0, 0.1) is 53.2 Å². The average Bonchev–Trinajstić information content (AvgIpc) is 1.60. The van der Waals surface area contributed by atoms with E-state index >= 15 is 0 Å². The molecule has 4 atom stereocenters. The first kappa shape index (κ1) is 66.4. The summed E-state index contributed by atoms with van der Waals surface area (Å²) in [4.78, 5) is 65.2. The number of anilines is 1. The molecule has 15 rings (SSSR count). The van der Waals surface area contributed by atoms with Crippen molar-refractivity contribution in [2.24, 2.45) is 0 Å². The molecule has 3 fully saturated rings. The highest BCUT2D eigenvalue weighted by molar-refractivity contribution is 6.62. The van der Waals surface area contributed by atoms with Gasteiger partial charge in [0.1, 0.15) is 33.7 Å². The summed E-state index contributed by atoms with van der Waals surface area (Å²) >= 11 is 5.55. The minimum absolute atomic E-state index is 0.0747. The van der Waals surface area contributed by atoms with Crippen molar-refractivity contribution < 1.29 is 18.1 Å². The zero-order chi connectivity index (χ0) is 67.2. The standard InChI is InChI=1S/C23H26N6O.C17H13FN4O.C15H21BN2O2.C8H4ClFN2O.C6H14N2/c1-14-9-27(10-15(2)24-14)19-5-6-22-26-20(8-23(30)29(22)13-19)18-7-21-17(4)25-16(3)11-28(21)12-18;1-10-7-21-8-12(5-15(21)11(2)19-10)14-6-17(23)22-9-13(18)3-4-16(22)20-14;1-10-8-18-9-12(7-13(18)11(2)17-10)16-19-14(3,4)15(5,6)20-16;9-6-3-8(13)12-4-5(10)1-2-7(12)11-6;1-5-3-7-4-6(2)8-5/h5-8,11-15,24H,9-10H2,1-4H3;3-9H,1-2H3;7-9H,1-6H3;1-4H;5-8H,3-4H2,1-2H3/t14-,15+;;;;5-,6+. The fraction of sp³-hybridized carbons (Fsp3) is 0.348. The zero-order valence-electron chi connectivity index (χ0n) is 55.3.